The maximum atomic E-state index is 13.9. The lowest BCUT2D eigenvalue weighted by Gasteiger charge is -2.38. The summed E-state index contributed by atoms with van der Waals surface area (Å²) in [7, 11) is 0. The topological polar surface area (TPSA) is 76.0 Å². The van der Waals surface area contributed by atoms with Gasteiger partial charge < -0.3 is 10.6 Å². The minimum absolute atomic E-state index is 0.0305. The molecule has 0 fully saturated rings. The first kappa shape index (κ1) is 24.7. The van der Waals surface area contributed by atoms with E-state index in [1.54, 1.807) is 6.92 Å². The molecule has 1 aliphatic heterocycles. The number of amides is 1. The quantitative estimate of drug-likeness (QED) is 0.406. The number of carbonyl (C=O) groups excluding carboxylic acids is 2. The van der Waals surface area contributed by atoms with Crippen molar-refractivity contribution in [2.45, 2.75) is 77.9 Å². The zero-order valence-electron chi connectivity index (χ0n) is 21.6. The molecule has 1 aliphatic rings. The molecule has 0 unspecified atom stereocenters. The number of nitrogens with one attached hydrogen (secondary N) is 2. The summed E-state index contributed by atoms with van der Waals surface area (Å²) in [5, 5.41) is 11.8. The fourth-order valence-electron chi connectivity index (χ4n) is 5.27. The smallest absolute Gasteiger partial charge is 0.257 e. The highest BCUT2D eigenvalue weighted by Gasteiger charge is 2.39. The minimum atomic E-state index is -0.545. The van der Waals surface area contributed by atoms with Crippen LogP contribution in [-0.2, 0) is 11.1 Å². The summed E-state index contributed by atoms with van der Waals surface area (Å²) in [6.07, 6.45) is 2.31. The average Bonchev–Trinajstić information content (AvgIpc) is 3.20. The van der Waals surface area contributed by atoms with Crippen LogP contribution in [0.2, 0.25) is 0 Å². The maximum Gasteiger partial charge on any atom is 0.257 e. The Morgan fingerprint density at radius 1 is 1.09 bits per heavy atom. The number of carbonyl (C=O) groups is 2. The van der Waals surface area contributed by atoms with Crippen LogP contribution in [0.4, 0.5) is 5.82 Å². The minimum Gasteiger partial charge on any atom is -0.363 e. The molecule has 2 heterocycles. The molecule has 6 nitrogen and oxygen atoms in total. The molecule has 0 aliphatic carbocycles. The van der Waals surface area contributed by atoms with E-state index in [1.165, 1.54) is 5.56 Å². The third-order valence-corrected chi connectivity index (χ3v) is 7.48. The number of aryl methyl sites for hydroxylation is 1. The Hall–Kier alpha value is -3.41. The lowest BCUT2D eigenvalue weighted by Crippen LogP contribution is -2.45. The van der Waals surface area contributed by atoms with Gasteiger partial charge in [-0.05, 0) is 58.1 Å². The summed E-state index contributed by atoms with van der Waals surface area (Å²) in [4.78, 5) is 25.6. The largest absolute Gasteiger partial charge is 0.363 e. The molecular formula is C29H36N4O2. The van der Waals surface area contributed by atoms with Crippen molar-refractivity contribution in [2.75, 3.05) is 5.32 Å². The van der Waals surface area contributed by atoms with Crippen LogP contribution in [0, 0.1) is 6.92 Å². The number of benzene rings is 2. The molecule has 0 spiro atoms. The van der Waals surface area contributed by atoms with Gasteiger partial charge in [0.05, 0.1) is 22.8 Å². The number of hydrogen-bond acceptors (Lipinski definition) is 4. The van der Waals surface area contributed by atoms with Gasteiger partial charge in [0.2, 0.25) is 0 Å². The number of fused-ring (bicyclic) bond motifs is 1. The van der Waals surface area contributed by atoms with E-state index in [1.807, 2.05) is 54.1 Å². The summed E-state index contributed by atoms with van der Waals surface area (Å²) < 4.78 is 1.97. The Labute approximate surface area is 208 Å². The van der Waals surface area contributed by atoms with E-state index >= 15 is 0 Å². The molecule has 0 saturated carbocycles. The van der Waals surface area contributed by atoms with E-state index in [2.05, 4.69) is 50.5 Å². The summed E-state index contributed by atoms with van der Waals surface area (Å²) in [6, 6.07) is 18.0. The molecule has 1 atom stereocenters. The Morgan fingerprint density at radius 2 is 1.71 bits per heavy atom. The van der Waals surface area contributed by atoms with Gasteiger partial charge in [-0.3, -0.25) is 9.59 Å². The Kier molecular flexibility index (Phi) is 6.58. The third kappa shape index (κ3) is 4.49. The molecule has 35 heavy (non-hydrogen) atoms. The molecule has 0 radical (unpaired) electrons. The van der Waals surface area contributed by atoms with Crippen LogP contribution in [0.1, 0.15) is 97.5 Å². The summed E-state index contributed by atoms with van der Waals surface area (Å²) in [5.74, 6) is 0.654. The van der Waals surface area contributed by atoms with Crippen LogP contribution in [0.3, 0.4) is 0 Å². The number of hydrogen-bond donors (Lipinski definition) is 2. The number of nitrogens with zero attached hydrogens (tertiary/aromatic N) is 2. The van der Waals surface area contributed by atoms with Gasteiger partial charge in [0.25, 0.3) is 5.91 Å². The molecule has 184 valence electrons. The first-order chi connectivity index (χ1) is 16.6. The lowest BCUT2D eigenvalue weighted by molar-refractivity contribution is 0.0888. The Balaban J connectivity index is 1.71. The third-order valence-electron chi connectivity index (χ3n) is 7.48. The zero-order valence-corrected chi connectivity index (χ0v) is 21.6. The molecular weight excluding hydrogens is 436 g/mol. The molecule has 1 aromatic heterocycles. The maximum absolute atomic E-state index is 13.9. The van der Waals surface area contributed by atoms with Crippen molar-refractivity contribution < 1.29 is 9.59 Å². The highest BCUT2D eigenvalue weighted by Crippen LogP contribution is 2.41. The predicted molar refractivity (Wildman–Crippen MR) is 140 cm³/mol. The van der Waals surface area contributed by atoms with Crippen molar-refractivity contribution in [1.82, 2.24) is 15.1 Å². The molecule has 2 aromatic carbocycles. The van der Waals surface area contributed by atoms with Crippen LogP contribution in [0.5, 0.6) is 0 Å². The highest BCUT2D eigenvalue weighted by molar-refractivity contribution is 6.01. The van der Waals surface area contributed by atoms with E-state index in [0.717, 1.165) is 30.6 Å². The van der Waals surface area contributed by atoms with Gasteiger partial charge in [0, 0.05) is 5.56 Å². The highest BCUT2D eigenvalue weighted by atomic mass is 16.2. The molecule has 2 N–H and O–H groups in total. The number of rotatable bonds is 7. The second-order valence-electron chi connectivity index (χ2n) is 10.2. The predicted octanol–water partition coefficient (Wildman–Crippen LogP) is 6.13. The summed E-state index contributed by atoms with van der Waals surface area (Å²) in [5.41, 5.74) is 3.36. The summed E-state index contributed by atoms with van der Waals surface area (Å²) in [6.45, 7) is 12.0. The molecule has 1 amide bonds. The van der Waals surface area contributed by atoms with Gasteiger partial charge in [0.1, 0.15) is 11.4 Å². The number of aromatic nitrogens is 2. The monoisotopic (exact) mass is 472 g/mol. The number of ketones is 1. The van der Waals surface area contributed by atoms with Gasteiger partial charge >= 0.3 is 0 Å². The van der Waals surface area contributed by atoms with E-state index < -0.39 is 5.54 Å². The van der Waals surface area contributed by atoms with Crippen LogP contribution in [-0.4, -0.2) is 21.5 Å². The molecule has 6 heteroatoms. The molecule has 4 rings (SSSR count). The fourth-order valence-corrected chi connectivity index (χ4v) is 5.27. The van der Waals surface area contributed by atoms with E-state index in [0.29, 0.717) is 16.8 Å². The Morgan fingerprint density at radius 3 is 2.29 bits per heavy atom. The van der Waals surface area contributed by atoms with Crippen molar-refractivity contribution >= 4 is 17.5 Å². The van der Waals surface area contributed by atoms with Crippen LogP contribution >= 0.6 is 0 Å². The second kappa shape index (κ2) is 9.33. The van der Waals surface area contributed by atoms with Crippen molar-refractivity contribution in [1.29, 1.82) is 0 Å². The SMILES string of the molecule is CCC(CC)(NC(=O)c1c(C)nn2c1N[C@@H](c1ccccc1)CC2(C)C)c1ccc(C(C)=O)cc1. The van der Waals surface area contributed by atoms with Gasteiger partial charge in [-0.1, -0.05) is 68.4 Å². The van der Waals surface area contributed by atoms with Crippen molar-refractivity contribution in [2.24, 2.45) is 0 Å². The molecule has 0 bridgehead atoms. The van der Waals surface area contributed by atoms with Gasteiger partial charge in [-0.2, -0.15) is 5.10 Å². The standard InChI is InChI=1S/C29H36N4O2/c1-7-29(8-2,23-16-14-21(15-17-23)20(4)34)31-27(35)25-19(3)32-33-26(25)30-24(18-28(33,5)6)22-12-10-9-11-13-22/h9-17,24,30H,7-8,18H2,1-6H3,(H,31,35)/t24-/m1/s1. The van der Waals surface area contributed by atoms with Gasteiger partial charge in [-0.15, -0.1) is 0 Å². The van der Waals surface area contributed by atoms with E-state index in [-0.39, 0.29) is 23.3 Å². The normalized spacial score (nSPS) is 16.8. The van der Waals surface area contributed by atoms with E-state index in [9.17, 15) is 9.59 Å². The summed E-state index contributed by atoms with van der Waals surface area (Å²) >= 11 is 0. The van der Waals surface area contributed by atoms with Crippen LogP contribution in [0.25, 0.3) is 0 Å². The first-order valence-electron chi connectivity index (χ1n) is 12.5. The average molecular weight is 473 g/mol. The van der Waals surface area contributed by atoms with Gasteiger partial charge in [0.15, 0.2) is 5.78 Å². The fraction of sp³-hybridized carbons (Fsp3) is 0.414. The van der Waals surface area contributed by atoms with Crippen molar-refractivity contribution in [3.05, 3.63) is 82.5 Å². The molecule has 0 saturated heterocycles. The van der Waals surface area contributed by atoms with Crippen molar-refractivity contribution in [3.8, 4) is 0 Å². The second-order valence-corrected chi connectivity index (χ2v) is 10.2. The number of Topliss-reactive ketones (excluding diaryl/α,β-unsaturated/α-hetero) is 1. The Bertz CT molecular complexity index is 1220. The van der Waals surface area contributed by atoms with E-state index in [4.69, 9.17) is 5.10 Å². The number of anilines is 1. The lowest BCUT2D eigenvalue weighted by atomic mass is 9.83. The van der Waals surface area contributed by atoms with Crippen LogP contribution in [0.15, 0.2) is 54.6 Å². The zero-order chi connectivity index (χ0) is 25.4. The first-order valence-corrected chi connectivity index (χ1v) is 12.5. The van der Waals surface area contributed by atoms with Crippen molar-refractivity contribution in [3.63, 3.8) is 0 Å². The van der Waals surface area contributed by atoms with Crippen LogP contribution < -0.4 is 10.6 Å². The molecule has 3 aromatic rings. The van der Waals surface area contributed by atoms with Gasteiger partial charge in [-0.25, -0.2) is 4.68 Å².